The molecule has 0 aliphatic rings. The first-order valence-electron chi connectivity index (χ1n) is 6.05. The van der Waals surface area contributed by atoms with Crippen LogP contribution >= 0.6 is 0 Å². The summed E-state index contributed by atoms with van der Waals surface area (Å²) in [5, 5.41) is 11.5. The Hall–Kier alpha value is -2.24. The molecule has 0 aliphatic carbocycles. The molecule has 1 aromatic rings. The Bertz CT molecular complexity index is 510. The van der Waals surface area contributed by atoms with E-state index in [0.717, 1.165) is 0 Å². The van der Waals surface area contributed by atoms with E-state index in [2.05, 4.69) is 5.32 Å². The molecule has 0 atom stereocenters. The summed E-state index contributed by atoms with van der Waals surface area (Å²) in [5.74, 6) is -0.371. The van der Waals surface area contributed by atoms with Crippen LogP contribution in [0.4, 0.5) is 0 Å². The number of ether oxygens (including phenoxy) is 2. The molecule has 2 N–H and O–H groups in total. The van der Waals surface area contributed by atoms with Gasteiger partial charge < -0.3 is 19.9 Å². The van der Waals surface area contributed by atoms with Gasteiger partial charge in [0.1, 0.15) is 0 Å². The number of carbonyl (C=O) groups is 2. The lowest BCUT2D eigenvalue weighted by Gasteiger charge is -2.24. The molecule has 0 saturated heterocycles. The lowest BCUT2D eigenvalue weighted by atomic mass is 10.00. The van der Waals surface area contributed by atoms with Crippen LogP contribution in [-0.4, -0.2) is 36.7 Å². The predicted molar refractivity (Wildman–Crippen MR) is 73.3 cm³/mol. The van der Waals surface area contributed by atoms with Crippen molar-refractivity contribution in [3.8, 4) is 11.5 Å². The van der Waals surface area contributed by atoms with Gasteiger partial charge in [-0.15, -0.1) is 0 Å². The molecule has 110 valence electrons. The molecule has 6 nitrogen and oxygen atoms in total. The lowest BCUT2D eigenvalue weighted by Crippen LogP contribution is -2.44. The highest BCUT2D eigenvalue weighted by atomic mass is 16.5. The van der Waals surface area contributed by atoms with Crippen LogP contribution in [0.3, 0.4) is 0 Å². The Kier molecular flexibility index (Phi) is 4.96. The van der Waals surface area contributed by atoms with Crippen LogP contribution in [0.1, 0.15) is 30.6 Å². The van der Waals surface area contributed by atoms with Crippen LogP contribution < -0.4 is 14.8 Å². The van der Waals surface area contributed by atoms with E-state index in [1.54, 1.807) is 32.0 Å². The van der Waals surface area contributed by atoms with Crippen molar-refractivity contribution in [2.24, 2.45) is 0 Å². The van der Waals surface area contributed by atoms with Crippen molar-refractivity contribution in [1.82, 2.24) is 5.32 Å². The second kappa shape index (κ2) is 6.27. The molecule has 6 heteroatoms. The minimum atomic E-state index is -0.970. The molecule has 0 radical (unpaired) electrons. The fourth-order valence-electron chi connectivity index (χ4n) is 1.78. The van der Waals surface area contributed by atoms with E-state index in [-0.39, 0.29) is 12.3 Å². The fourth-order valence-corrected chi connectivity index (χ4v) is 1.78. The standard InChI is InChI=1S/C14H19NO5/c1-14(2,8-12(16)17)15-13(18)9-5-6-10(19-3)11(7-9)20-4/h5-7H,8H2,1-4H3,(H,15,18)(H,16,17). The zero-order valence-electron chi connectivity index (χ0n) is 12.0. The smallest absolute Gasteiger partial charge is 0.305 e. The molecule has 0 heterocycles. The van der Waals surface area contributed by atoms with Gasteiger partial charge in [-0.2, -0.15) is 0 Å². The van der Waals surface area contributed by atoms with Crippen LogP contribution in [0, 0.1) is 0 Å². The number of hydrogen-bond donors (Lipinski definition) is 2. The minimum Gasteiger partial charge on any atom is -0.493 e. The van der Waals surface area contributed by atoms with Crippen molar-refractivity contribution in [2.45, 2.75) is 25.8 Å². The average molecular weight is 281 g/mol. The maximum atomic E-state index is 12.1. The van der Waals surface area contributed by atoms with E-state index in [0.29, 0.717) is 17.1 Å². The topological polar surface area (TPSA) is 84.9 Å². The van der Waals surface area contributed by atoms with Gasteiger partial charge in [-0.05, 0) is 32.0 Å². The number of benzene rings is 1. The third kappa shape index (κ3) is 4.15. The summed E-state index contributed by atoms with van der Waals surface area (Å²) in [5.41, 5.74) is -0.461. The van der Waals surface area contributed by atoms with E-state index in [9.17, 15) is 9.59 Å². The average Bonchev–Trinajstić information content (AvgIpc) is 2.35. The van der Waals surface area contributed by atoms with Gasteiger partial charge in [0.2, 0.25) is 0 Å². The molecular formula is C14H19NO5. The Balaban J connectivity index is 2.90. The number of carbonyl (C=O) groups excluding carboxylic acids is 1. The number of carboxylic acids is 1. The number of carboxylic acid groups (broad SMARTS) is 1. The van der Waals surface area contributed by atoms with Gasteiger partial charge in [-0.1, -0.05) is 0 Å². The predicted octanol–water partition coefficient (Wildman–Crippen LogP) is 1.69. The van der Waals surface area contributed by atoms with Crippen LogP contribution in [0.25, 0.3) is 0 Å². The number of aliphatic carboxylic acids is 1. The first kappa shape index (κ1) is 15.8. The van der Waals surface area contributed by atoms with Gasteiger partial charge in [-0.25, -0.2) is 0 Å². The second-order valence-corrected chi connectivity index (χ2v) is 4.98. The van der Waals surface area contributed by atoms with Crippen molar-refractivity contribution in [3.05, 3.63) is 23.8 Å². The van der Waals surface area contributed by atoms with Crippen LogP contribution in [0.5, 0.6) is 11.5 Å². The highest BCUT2D eigenvalue weighted by molar-refractivity contribution is 5.95. The summed E-state index contributed by atoms with van der Waals surface area (Å²) >= 11 is 0. The van der Waals surface area contributed by atoms with Gasteiger partial charge in [-0.3, -0.25) is 9.59 Å². The molecule has 1 rings (SSSR count). The third-order valence-corrected chi connectivity index (χ3v) is 2.69. The number of hydrogen-bond acceptors (Lipinski definition) is 4. The first-order chi connectivity index (χ1) is 9.29. The molecule has 1 amide bonds. The third-order valence-electron chi connectivity index (χ3n) is 2.69. The zero-order valence-corrected chi connectivity index (χ0v) is 12.0. The number of rotatable bonds is 6. The number of methoxy groups -OCH3 is 2. The SMILES string of the molecule is COc1ccc(C(=O)NC(C)(C)CC(=O)O)cc1OC. The quantitative estimate of drug-likeness (QED) is 0.828. The summed E-state index contributed by atoms with van der Waals surface area (Å²) in [6, 6.07) is 4.76. The van der Waals surface area contributed by atoms with Crippen molar-refractivity contribution < 1.29 is 24.2 Å². The highest BCUT2D eigenvalue weighted by Gasteiger charge is 2.24. The van der Waals surface area contributed by atoms with E-state index >= 15 is 0 Å². The molecule has 1 aromatic carbocycles. The zero-order chi connectivity index (χ0) is 15.3. The number of nitrogens with one attached hydrogen (secondary N) is 1. The largest absolute Gasteiger partial charge is 0.493 e. The first-order valence-corrected chi connectivity index (χ1v) is 6.05. The summed E-state index contributed by atoms with van der Waals surface area (Å²) in [6.07, 6.45) is -0.161. The van der Waals surface area contributed by atoms with E-state index in [1.165, 1.54) is 14.2 Å². The van der Waals surface area contributed by atoms with Gasteiger partial charge in [0.15, 0.2) is 11.5 Å². The number of amides is 1. The fraction of sp³-hybridized carbons (Fsp3) is 0.429. The molecule has 0 aromatic heterocycles. The summed E-state index contributed by atoms with van der Waals surface area (Å²) < 4.78 is 10.2. The lowest BCUT2D eigenvalue weighted by molar-refractivity contribution is -0.138. The highest BCUT2D eigenvalue weighted by Crippen LogP contribution is 2.27. The van der Waals surface area contributed by atoms with Gasteiger partial charge >= 0.3 is 5.97 Å². The van der Waals surface area contributed by atoms with Crippen LogP contribution in [-0.2, 0) is 4.79 Å². The molecule has 0 aliphatic heterocycles. The monoisotopic (exact) mass is 281 g/mol. The van der Waals surface area contributed by atoms with E-state index in [1.807, 2.05) is 0 Å². The van der Waals surface area contributed by atoms with E-state index < -0.39 is 11.5 Å². The molecule has 0 unspecified atom stereocenters. The van der Waals surface area contributed by atoms with Crippen molar-refractivity contribution in [1.29, 1.82) is 0 Å². The Morgan fingerprint density at radius 3 is 2.30 bits per heavy atom. The molecule has 0 fully saturated rings. The van der Waals surface area contributed by atoms with Gasteiger partial charge in [0.05, 0.1) is 20.6 Å². The molecule has 20 heavy (non-hydrogen) atoms. The summed E-state index contributed by atoms with van der Waals surface area (Å²) in [4.78, 5) is 22.8. The summed E-state index contributed by atoms with van der Waals surface area (Å²) in [7, 11) is 2.99. The maximum absolute atomic E-state index is 12.1. The van der Waals surface area contributed by atoms with Crippen molar-refractivity contribution in [3.63, 3.8) is 0 Å². The van der Waals surface area contributed by atoms with Crippen LogP contribution in [0.2, 0.25) is 0 Å². The van der Waals surface area contributed by atoms with Gasteiger partial charge in [0, 0.05) is 11.1 Å². The minimum absolute atomic E-state index is 0.161. The summed E-state index contributed by atoms with van der Waals surface area (Å²) in [6.45, 7) is 3.31. The van der Waals surface area contributed by atoms with Crippen molar-refractivity contribution in [2.75, 3.05) is 14.2 Å². The van der Waals surface area contributed by atoms with Crippen LogP contribution in [0.15, 0.2) is 18.2 Å². The maximum Gasteiger partial charge on any atom is 0.305 e. The molecule has 0 bridgehead atoms. The van der Waals surface area contributed by atoms with E-state index in [4.69, 9.17) is 14.6 Å². The Morgan fingerprint density at radius 1 is 1.20 bits per heavy atom. The van der Waals surface area contributed by atoms with Crippen molar-refractivity contribution >= 4 is 11.9 Å². The molecule has 0 spiro atoms. The normalized spacial score (nSPS) is 10.8. The second-order valence-electron chi connectivity index (χ2n) is 4.98. The molecular weight excluding hydrogens is 262 g/mol. The Morgan fingerprint density at radius 2 is 1.80 bits per heavy atom. The van der Waals surface area contributed by atoms with Gasteiger partial charge in [0.25, 0.3) is 5.91 Å². The Labute approximate surface area is 117 Å². The molecule has 0 saturated carbocycles.